The van der Waals surface area contributed by atoms with Crippen LogP contribution in [-0.4, -0.2) is 24.4 Å². The molecule has 0 spiro atoms. The molecule has 1 aromatic heterocycles. The summed E-state index contributed by atoms with van der Waals surface area (Å²) in [5, 5.41) is 10.5. The predicted octanol–water partition coefficient (Wildman–Crippen LogP) is 3.40. The summed E-state index contributed by atoms with van der Waals surface area (Å²) in [6, 6.07) is -0.117. The topological polar surface area (TPSA) is 107 Å². The lowest BCUT2D eigenvalue weighted by Crippen LogP contribution is -2.28. The van der Waals surface area contributed by atoms with Gasteiger partial charge < -0.3 is 10.6 Å². The van der Waals surface area contributed by atoms with Gasteiger partial charge in [0.15, 0.2) is 0 Å². The number of aryl methyl sites for hydroxylation is 1. The van der Waals surface area contributed by atoms with Crippen molar-refractivity contribution in [3.8, 4) is 0 Å². The number of nitrogens with one attached hydrogen (secondary N) is 2. The Bertz CT molecular complexity index is 759. The minimum Gasteiger partial charge on any atom is -0.352 e. The molecule has 0 aromatic carbocycles. The van der Waals surface area contributed by atoms with Crippen molar-refractivity contribution in [2.75, 3.05) is 11.9 Å². The third-order valence-electron chi connectivity index (χ3n) is 5.11. The number of amides is 2. The molecule has 25 heavy (non-hydrogen) atoms. The van der Waals surface area contributed by atoms with E-state index in [1.165, 1.54) is 24.2 Å². The van der Waals surface area contributed by atoms with Crippen molar-refractivity contribution in [2.24, 2.45) is 17.0 Å². The third kappa shape index (κ3) is 3.65. The summed E-state index contributed by atoms with van der Waals surface area (Å²) in [4.78, 5) is 29.1. The van der Waals surface area contributed by atoms with Crippen LogP contribution in [0.2, 0.25) is 0 Å². The molecule has 2 amide bonds. The van der Waals surface area contributed by atoms with E-state index in [1.807, 2.05) is 0 Å². The molecule has 4 rings (SSSR count). The molecule has 132 valence electrons. The summed E-state index contributed by atoms with van der Waals surface area (Å²) < 4.78 is 0. The Balaban J connectivity index is 1.61. The molecule has 0 aliphatic heterocycles. The molecule has 7 nitrogen and oxygen atoms in total. The number of fused-ring (bicyclic) bond motifs is 1. The van der Waals surface area contributed by atoms with Gasteiger partial charge >= 0.3 is 0 Å². The zero-order valence-electron chi connectivity index (χ0n) is 14.0. The number of carbonyl (C=O) groups is 2. The lowest BCUT2D eigenvalue weighted by Gasteiger charge is -2.18. The quantitative estimate of drug-likeness (QED) is 0.461. The van der Waals surface area contributed by atoms with Crippen LogP contribution in [0.4, 0.5) is 5.00 Å². The highest BCUT2D eigenvalue weighted by Gasteiger charge is 2.34. The minimum absolute atomic E-state index is 0.0152. The van der Waals surface area contributed by atoms with Crippen molar-refractivity contribution in [2.45, 2.75) is 51.0 Å². The van der Waals surface area contributed by atoms with Gasteiger partial charge in [-0.2, -0.15) is 0 Å². The largest absolute Gasteiger partial charge is 0.352 e. The fraction of sp³-hybridized carbons (Fsp3) is 0.647. The van der Waals surface area contributed by atoms with Gasteiger partial charge in [-0.3, -0.25) is 9.59 Å². The smallest absolute Gasteiger partial charge is 0.254 e. The molecular weight excluding hydrogens is 338 g/mol. The van der Waals surface area contributed by atoms with Gasteiger partial charge in [0.2, 0.25) is 5.91 Å². The van der Waals surface area contributed by atoms with E-state index in [-0.39, 0.29) is 23.8 Å². The van der Waals surface area contributed by atoms with Crippen LogP contribution in [-0.2, 0) is 17.6 Å². The summed E-state index contributed by atoms with van der Waals surface area (Å²) in [7, 11) is 0. The van der Waals surface area contributed by atoms with Crippen molar-refractivity contribution in [3.05, 3.63) is 26.4 Å². The van der Waals surface area contributed by atoms with Gasteiger partial charge in [0.1, 0.15) is 5.00 Å². The molecule has 1 aromatic rings. The van der Waals surface area contributed by atoms with Gasteiger partial charge in [0.25, 0.3) is 5.91 Å². The molecule has 8 heteroatoms. The Hall–Kier alpha value is -2.05. The second kappa shape index (κ2) is 6.69. The SMILES string of the molecule is [N-]=[N+]=NC1CCc2sc(NC(=O)C3CC3)c(C(=O)NCC3CC3)c2C1. The lowest BCUT2D eigenvalue weighted by molar-refractivity contribution is -0.117. The molecule has 3 aliphatic rings. The van der Waals surface area contributed by atoms with Crippen molar-refractivity contribution in [1.29, 1.82) is 0 Å². The number of anilines is 1. The number of azide groups is 1. The molecule has 3 aliphatic carbocycles. The van der Waals surface area contributed by atoms with E-state index < -0.39 is 0 Å². The van der Waals surface area contributed by atoms with E-state index in [0.717, 1.165) is 36.1 Å². The molecule has 2 saturated carbocycles. The number of hydrogen-bond donors (Lipinski definition) is 2. The van der Waals surface area contributed by atoms with Crippen LogP contribution < -0.4 is 10.6 Å². The maximum absolute atomic E-state index is 12.8. The maximum Gasteiger partial charge on any atom is 0.254 e. The average molecular weight is 359 g/mol. The summed E-state index contributed by atoms with van der Waals surface area (Å²) in [5.41, 5.74) is 10.3. The minimum atomic E-state index is -0.117. The zero-order valence-corrected chi connectivity index (χ0v) is 14.8. The second-order valence-electron chi connectivity index (χ2n) is 7.23. The van der Waals surface area contributed by atoms with Crippen LogP contribution in [0, 0.1) is 11.8 Å². The Kier molecular flexibility index (Phi) is 4.39. The standard InChI is InChI=1S/C17H21N5O2S/c18-22-21-11-5-6-13-12(7-11)14(16(24)19-8-9-1-2-9)17(25-13)20-15(23)10-3-4-10/h9-11H,1-8H2,(H,19,24)(H,20,23). The van der Waals surface area contributed by atoms with Gasteiger partial charge in [-0.05, 0) is 62.0 Å². The van der Waals surface area contributed by atoms with Crippen molar-refractivity contribution in [3.63, 3.8) is 0 Å². The summed E-state index contributed by atoms with van der Waals surface area (Å²) >= 11 is 1.51. The van der Waals surface area contributed by atoms with E-state index in [2.05, 4.69) is 20.7 Å². The number of hydrogen-bond acceptors (Lipinski definition) is 4. The zero-order chi connectivity index (χ0) is 17.4. The Labute approximate surface area is 149 Å². The number of carbonyl (C=O) groups excluding carboxylic acids is 2. The van der Waals surface area contributed by atoms with E-state index >= 15 is 0 Å². The highest BCUT2D eigenvalue weighted by molar-refractivity contribution is 7.17. The van der Waals surface area contributed by atoms with Gasteiger partial charge in [-0.25, -0.2) is 0 Å². The first-order valence-corrected chi connectivity index (χ1v) is 9.75. The van der Waals surface area contributed by atoms with Crippen LogP contribution in [0.3, 0.4) is 0 Å². The predicted molar refractivity (Wildman–Crippen MR) is 95.7 cm³/mol. The highest BCUT2D eigenvalue weighted by atomic mass is 32.1. The van der Waals surface area contributed by atoms with Crippen molar-refractivity contribution in [1.82, 2.24) is 5.32 Å². The van der Waals surface area contributed by atoms with Crippen LogP contribution in [0.5, 0.6) is 0 Å². The van der Waals surface area contributed by atoms with Gasteiger partial charge in [0.05, 0.1) is 5.56 Å². The summed E-state index contributed by atoms with van der Waals surface area (Å²) in [6.45, 7) is 0.694. The monoisotopic (exact) mass is 359 g/mol. The van der Waals surface area contributed by atoms with E-state index in [1.54, 1.807) is 0 Å². The van der Waals surface area contributed by atoms with Crippen LogP contribution in [0.15, 0.2) is 5.11 Å². The van der Waals surface area contributed by atoms with Crippen molar-refractivity contribution >= 4 is 28.2 Å². The first-order valence-electron chi connectivity index (χ1n) is 8.93. The second-order valence-corrected chi connectivity index (χ2v) is 8.33. The van der Waals surface area contributed by atoms with E-state index in [9.17, 15) is 9.59 Å². The summed E-state index contributed by atoms with van der Waals surface area (Å²) in [5.74, 6) is 0.592. The fourth-order valence-electron chi connectivity index (χ4n) is 3.27. The van der Waals surface area contributed by atoms with Crippen molar-refractivity contribution < 1.29 is 9.59 Å². The molecule has 2 N–H and O–H groups in total. The van der Waals surface area contributed by atoms with Crippen LogP contribution >= 0.6 is 11.3 Å². The van der Waals surface area contributed by atoms with E-state index in [0.29, 0.717) is 29.4 Å². The molecule has 0 saturated heterocycles. The number of rotatable bonds is 6. The summed E-state index contributed by atoms with van der Waals surface area (Å²) in [6.07, 6.45) is 6.35. The molecule has 0 radical (unpaired) electrons. The molecule has 2 fully saturated rings. The maximum atomic E-state index is 12.8. The lowest BCUT2D eigenvalue weighted by atomic mass is 9.91. The fourth-order valence-corrected chi connectivity index (χ4v) is 4.52. The van der Waals surface area contributed by atoms with Crippen LogP contribution in [0.25, 0.3) is 10.4 Å². The van der Waals surface area contributed by atoms with Gasteiger partial charge in [-0.15, -0.1) is 11.3 Å². The Morgan fingerprint density at radius 1 is 1.24 bits per heavy atom. The molecule has 0 bridgehead atoms. The van der Waals surface area contributed by atoms with Crippen LogP contribution in [0.1, 0.15) is 52.9 Å². The third-order valence-corrected chi connectivity index (χ3v) is 6.32. The average Bonchev–Trinajstić information content (AvgIpc) is 3.49. The molecule has 1 unspecified atom stereocenters. The Morgan fingerprint density at radius 2 is 2.04 bits per heavy atom. The van der Waals surface area contributed by atoms with Gasteiger partial charge in [0, 0.05) is 28.3 Å². The Morgan fingerprint density at radius 3 is 2.72 bits per heavy atom. The first-order chi connectivity index (χ1) is 12.2. The molecule has 1 atom stereocenters. The number of nitrogens with zero attached hydrogens (tertiary/aromatic N) is 3. The molecule has 1 heterocycles. The first kappa shape index (κ1) is 16.4. The normalized spacial score (nSPS) is 21.8. The van der Waals surface area contributed by atoms with Gasteiger partial charge in [-0.1, -0.05) is 5.11 Å². The number of thiophene rings is 1. The van der Waals surface area contributed by atoms with E-state index in [4.69, 9.17) is 5.53 Å². The highest BCUT2D eigenvalue weighted by Crippen LogP contribution is 2.40. The molecular formula is C17H21N5O2S.